The van der Waals surface area contributed by atoms with Crippen LogP contribution in [0.3, 0.4) is 0 Å². The number of fused-ring (bicyclic) bond motifs is 1. The fraction of sp³-hybridized carbons (Fsp3) is 0.226. The first-order chi connectivity index (χ1) is 19.7. The Bertz CT molecular complexity index is 1540. The molecular weight excluding hydrogens is 543 g/mol. The molecule has 41 heavy (non-hydrogen) atoms. The minimum Gasteiger partial charge on any atom is -0.454 e. The van der Waals surface area contributed by atoms with Crippen molar-refractivity contribution in [1.29, 1.82) is 0 Å². The Hall–Kier alpha value is -4.44. The van der Waals surface area contributed by atoms with Gasteiger partial charge in [-0.15, -0.1) is 0 Å². The molecule has 10 heteroatoms. The Morgan fingerprint density at radius 3 is 2.32 bits per heavy atom. The molecule has 1 N–H and O–H groups in total. The van der Waals surface area contributed by atoms with Gasteiger partial charge in [0.25, 0.3) is 5.91 Å². The number of anilines is 1. The zero-order chi connectivity index (χ0) is 28.9. The summed E-state index contributed by atoms with van der Waals surface area (Å²) in [6.07, 6.45) is 0. The van der Waals surface area contributed by atoms with Crippen LogP contribution in [0.25, 0.3) is 0 Å². The molecule has 5 rings (SSSR count). The van der Waals surface area contributed by atoms with Crippen molar-refractivity contribution in [3.05, 3.63) is 107 Å². The van der Waals surface area contributed by atoms with Crippen LogP contribution in [-0.2, 0) is 16.1 Å². The number of carbonyl (C=O) groups excluding carboxylic acids is 2. The van der Waals surface area contributed by atoms with Gasteiger partial charge in [0.1, 0.15) is 11.9 Å². The van der Waals surface area contributed by atoms with Gasteiger partial charge in [-0.05, 0) is 62.2 Å². The van der Waals surface area contributed by atoms with Crippen molar-refractivity contribution in [2.45, 2.75) is 38.5 Å². The second-order valence-electron chi connectivity index (χ2n) is 9.74. The van der Waals surface area contributed by atoms with Crippen molar-refractivity contribution in [3.8, 4) is 11.5 Å². The SMILES string of the molecule is Cc1ccc(C(C(=O)Nc2ccc3c(c2)OCO3)N(Cc2ccc(F)cc2)C(=O)CSc2nc(C)cc(C)n2)cc1. The van der Waals surface area contributed by atoms with Gasteiger partial charge in [-0.2, -0.15) is 0 Å². The number of hydrogen-bond acceptors (Lipinski definition) is 7. The summed E-state index contributed by atoms with van der Waals surface area (Å²) in [7, 11) is 0. The number of amides is 2. The summed E-state index contributed by atoms with van der Waals surface area (Å²) in [6.45, 7) is 5.89. The molecule has 0 fully saturated rings. The standard InChI is InChI=1S/C31H29FN4O4S/c1-19-4-8-23(9-5-19)29(30(38)35-25-12-13-26-27(15-25)40-18-39-26)36(16-22-6-10-24(32)11-7-22)28(37)17-41-31-33-20(2)14-21(3)34-31/h4-15,29H,16-18H2,1-3H3,(H,35,38). The van der Waals surface area contributed by atoms with E-state index in [1.165, 1.54) is 28.8 Å². The Balaban J connectivity index is 1.48. The van der Waals surface area contributed by atoms with Gasteiger partial charge in [-0.1, -0.05) is 53.7 Å². The van der Waals surface area contributed by atoms with Crippen LogP contribution in [0.1, 0.15) is 34.1 Å². The summed E-state index contributed by atoms with van der Waals surface area (Å²) in [6, 6.07) is 19.4. The largest absolute Gasteiger partial charge is 0.454 e. The highest BCUT2D eigenvalue weighted by atomic mass is 32.2. The van der Waals surface area contributed by atoms with Crippen molar-refractivity contribution >= 4 is 29.3 Å². The van der Waals surface area contributed by atoms with Gasteiger partial charge in [0, 0.05) is 29.7 Å². The number of hydrogen-bond donors (Lipinski definition) is 1. The van der Waals surface area contributed by atoms with Crippen molar-refractivity contribution in [2.24, 2.45) is 0 Å². The maximum Gasteiger partial charge on any atom is 0.251 e. The van der Waals surface area contributed by atoms with E-state index < -0.39 is 11.9 Å². The minimum absolute atomic E-state index is 0.00372. The highest BCUT2D eigenvalue weighted by Gasteiger charge is 2.32. The average Bonchev–Trinajstić information content (AvgIpc) is 3.41. The minimum atomic E-state index is -0.987. The molecule has 2 heterocycles. The highest BCUT2D eigenvalue weighted by molar-refractivity contribution is 7.99. The summed E-state index contributed by atoms with van der Waals surface area (Å²) < 4.78 is 24.5. The predicted octanol–water partition coefficient (Wildman–Crippen LogP) is 5.77. The second kappa shape index (κ2) is 12.4. The summed E-state index contributed by atoms with van der Waals surface area (Å²) in [4.78, 5) is 38.3. The Morgan fingerprint density at radius 1 is 0.927 bits per heavy atom. The molecule has 0 saturated carbocycles. The quantitative estimate of drug-likeness (QED) is 0.201. The van der Waals surface area contributed by atoms with Gasteiger partial charge in [-0.25, -0.2) is 14.4 Å². The van der Waals surface area contributed by atoms with Crippen LogP contribution in [0.4, 0.5) is 10.1 Å². The maximum absolute atomic E-state index is 14.0. The van der Waals surface area contributed by atoms with Crippen LogP contribution < -0.4 is 14.8 Å². The van der Waals surface area contributed by atoms with E-state index in [2.05, 4.69) is 15.3 Å². The van der Waals surface area contributed by atoms with Gasteiger partial charge >= 0.3 is 0 Å². The van der Waals surface area contributed by atoms with Gasteiger partial charge in [0.2, 0.25) is 12.7 Å². The predicted molar refractivity (Wildman–Crippen MR) is 154 cm³/mol. The van der Waals surface area contributed by atoms with Crippen LogP contribution in [0.5, 0.6) is 11.5 Å². The summed E-state index contributed by atoms with van der Waals surface area (Å²) >= 11 is 1.21. The number of aromatic nitrogens is 2. The summed E-state index contributed by atoms with van der Waals surface area (Å²) in [5.41, 5.74) is 4.44. The Morgan fingerprint density at radius 2 is 1.61 bits per heavy atom. The van der Waals surface area contributed by atoms with Gasteiger partial charge in [0.05, 0.1) is 5.75 Å². The smallest absolute Gasteiger partial charge is 0.251 e. The molecule has 4 aromatic rings. The van der Waals surface area contributed by atoms with E-state index in [9.17, 15) is 14.0 Å². The van der Waals surface area contributed by atoms with Gasteiger partial charge < -0.3 is 19.7 Å². The lowest BCUT2D eigenvalue weighted by atomic mass is 10.0. The maximum atomic E-state index is 14.0. The first-order valence-electron chi connectivity index (χ1n) is 13.0. The second-order valence-corrected chi connectivity index (χ2v) is 10.7. The number of thioether (sulfide) groups is 1. The van der Waals surface area contributed by atoms with E-state index in [-0.39, 0.29) is 30.8 Å². The van der Waals surface area contributed by atoms with Gasteiger partial charge in [-0.3, -0.25) is 9.59 Å². The summed E-state index contributed by atoms with van der Waals surface area (Å²) in [5, 5.41) is 3.42. The Labute approximate surface area is 241 Å². The lowest BCUT2D eigenvalue weighted by Crippen LogP contribution is -2.41. The molecule has 210 valence electrons. The zero-order valence-corrected chi connectivity index (χ0v) is 23.7. The molecule has 0 aliphatic carbocycles. The third-order valence-electron chi connectivity index (χ3n) is 6.47. The third kappa shape index (κ3) is 7.01. The van der Waals surface area contributed by atoms with E-state index in [1.54, 1.807) is 30.3 Å². The van der Waals surface area contributed by atoms with Crippen molar-refractivity contribution in [1.82, 2.24) is 14.9 Å². The molecule has 0 saturated heterocycles. The molecule has 0 spiro atoms. The van der Waals surface area contributed by atoms with E-state index >= 15 is 0 Å². The number of nitrogens with zero attached hydrogens (tertiary/aromatic N) is 3. The fourth-order valence-corrected chi connectivity index (χ4v) is 5.32. The van der Waals surface area contributed by atoms with Crippen molar-refractivity contribution in [3.63, 3.8) is 0 Å². The number of nitrogens with one attached hydrogen (secondary N) is 1. The van der Waals surface area contributed by atoms with E-state index in [0.717, 1.165) is 17.0 Å². The molecular formula is C31H29FN4O4S. The lowest BCUT2D eigenvalue weighted by molar-refractivity contribution is -0.137. The molecule has 3 aromatic carbocycles. The normalized spacial score (nSPS) is 12.6. The van der Waals surface area contributed by atoms with E-state index in [0.29, 0.717) is 33.5 Å². The van der Waals surface area contributed by atoms with Crippen LogP contribution in [0.2, 0.25) is 0 Å². The number of rotatable bonds is 9. The Kier molecular flexibility index (Phi) is 8.49. The average molecular weight is 573 g/mol. The van der Waals surface area contributed by atoms with Crippen LogP contribution in [0.15, 0.2) is 78.0 Å². The van der Waals surface area contributed by atoms with Crippen LogP contribution in [0, 0.1) is 26.6 Å². The van der Waals surface area contributed by atoms with Crippen LogP contribution in [-0.4, -0.2) is 39.2 Å². The molecule has 1 aliphatic heterocycles. The number of halogens is 1. The third-order valence-corrected chi connectivity index (χ3v) is 7.30. The number of aryl methyl sites for hydroxylation is 3. The molecule has 2 amide bonds. The molecule has 0 bridgehead atoms. The molecule has 1 aliphatic rings. The van der Waals surface area contributed by atoms with Crippen molar-refractivity contribution in [2.75, 3.05) is 17.9 Å². The lowest BCUT2D eigenvalue weighted by Gasteiger charge is -2.31. The highest BCUT2D eigenvalue weighted by Crippen LogP contribution is 2.35. The van der Waals surface area contributed by atoms with Gasteiger partial charge in [0.15, 0.2) is 16.7 Å². The molecule has 0 radical (unpaired) electrons. The molecule has 1 aromatic heterocycles. The topological polar surface area (TPSA) is 93.7 Å². The van der Waals surface area contributed by atoms with Crippen LogP contribution >= 0.6 is 11.8 Å². The molecule has 1 atom stereocenters. The first-order valence-corrected chi connectivity index (χ1v) is 14.0. The van der Waals surface area contributed by atoms with Crippen molar-refractivity contribution < 1.29 is 23.5 Å². The zero-order valence-electron chi connectivity index (χ0n) is 22.9. The number of ether oxygens (including phenoxy) is 2. The fourth-order valence-electron chi connectivity index (χ4n) is 4.48. The molecule has 8 nitrogen and oxygen atoms in total. The monoisotopic (exact) mass is 572 g/mol. The van der Waals surface area contributed by atoms with E-state index in [1.807, 2.05) is 51.1 Å². The number of carbonyl (C=O) groups is 2. The summed E-state index contributed by atoms with van der Waals surface area (Å²) in [5.74, 6) is 0.0359. The van der Waals surface area contributed by atoms with E-state index in [4.69, 9.17) is 9.47 Å². The molecule has 1 unspecified atom stereocenters. The number of benzene rings is 3. The first kappa shape index (κ1) is 28.1.